The molecule has 20 heavy (non-hydrogen) atoms. The third-order valence-corrected chi connectivity index (χ3v) is 3.13. The van der Waals surface area contributed by atoms with Gasteiger partial charge in [0.05, 0.1) is 5.69 Å². The van der Waals surface area contributed by atoms with E-state index in [2.05, 4.69) is 15.0 Å². The van der Waals surface area contributed by atoms with Gasteiger partial charge >= 0.3 is 0 Å². The quantitative estimate of drug-likeness (QED) is 0.782. The van der Waals surface area contributed by atoms with Crippen LogP contribution in [-0.2, 0) is 0 Å². The van der Waals surface area contributed by atoms with Gasteiger partial charge in [-0.2, -0.15) is 0 Å². The van der Waals surface area contributed by atoms with Crippen LogP contribution < -0.4 is 5.73 Å². The number of benzene rings is 1. The van der Waals surface area contributed by atoms with Gasteiger partial charge in [0.1, 0.15) is 0 Å². The van der Waals surface area contributed by atoms with Gasteiger partial charge in [-0.05, 0) is 29.8 Å². The maximum atomic E-state index is 6.05. The second kappa shape index (κ2) is 5.27. The first kappa shape index (κ1) is 12.6. The number of nitrogen functional groups attached to an aromatic ring is 1. The van der Waals surface area contributed by atoms with Crippen LogP contribution in [0.25, 0.3) is 22.4 Å². The van der Waals surface area contributed by atoms with Crippen molar-refractivity contribution in [3.8, 4) is 22.4 Å². The van der Waals surface area contributed by atoms with Crippen LogP contribution in [0, 0.1) is 0 Å². The van der Waals surface area contributed by atoms with Gasteiger partial charge in [-0.25, -0.2) is 9.97 Å². The zero-order valence-electron chi connectivity index (χ0n) is 10.5. The summed E-state index contributed by atoms with van der Waals surface area (Å²) in [5, 5.41) is 0.667. The lowest BCUT2D eigenvalue weighted by atomic mass is 10.0. The standard InChI is InChI=1S/C15H11ClN4/c16-12-3-1-2-11(8-12)13-9-19-15(17)20-14(13)10-4-6-18-7-5-10/h1-9H,(H2,17,19,20). The van der Waals surface area contributed by atoms with Crippen molar-refractivity contribution in [2.45, 2.75) is 0 Å². The maximum Gasteiger partial charge on any atom is 0.220 e. The molecule has 2 N–H and O–H groups in total. The molecule has 5 heteroatoms. The van der Waals surface area contributed by atoms with E-state index < -0.39 is 0 Å². The van der Waals surface area contributed by atoms with Crippen LogP contribution in [-0.4, -0.2) is 15.0 Å². The van der Waals surface area contributed by atoms with E-state index in [4.69, 9.17) is 17.3 Å². The Morgan fingerprint density at radius 2 is 1.80 bits per heavy atom. The Balaban J connectivity index is 2.22. The van der Waals surface area contributed by atoms with E-state index in [0.29, 0.717) is 5.02 Å². The van der Waals surface area contributed by atoms with Crippen LogP contribution in [0.15, 0.2) is 55.0 Å². The predicted octanol–water partition coefficient (Wildman–Crippen LogP) is 3.44. The first-order valence-electron chi connectivity index (χ1n) is 6.03. The molecule has 0 bridgehead atoms. The molecule has 2 aromatic heterocycles. The van der Waals surface area contributed by atoms with Crippen molar-refractivity contribution in [1.82, 2.24) is 15.0 Å². The lowest BCUT2D eigenvalue weighted by molar-refractivity contribution is 1.19. The molecule has 4 nitrogen and oxygen atoms in total. The number of rotatable bonds is 2. The van der Waals surface area contributed by atoms with Gasteiger partial charge in [0, 0.05) is 34.7 Å². The topological polar surface area (TPSA) is 64.7 Å². The van der Waals surface area contributed by atoms with Gasteiger partial charge < -0.3 is 5.73 Å². The fourth-order valence-corrected chi connectivity index (χ4v) is 2.18. The summed E-state index contributed by atoms with van der Waals surface area (Å²) in [5.74, 6) is 0.239. The molecule has 0 fully saturated rings. The first-order valence-corrected chi connectivity index (χ1v) is 6.41. The number of nitrogens with two attached hydrogens (primary N) is 1. The Kier molecular flexibility index (Phi) is 3.31. The molecule has 0 unspecified atom stereocenters. The zero-order chi connectivity index (χ0) is 13.9. The molecule has 1 aromatic carbocycles. The van der Waals surface area contributed by atoms with Gasteiger partial charge in [0.15, 0.2) is 0 Å². The van der Waals surface area contributed by atoms with Crippen molar-refractivity contribution < 1.29 is 0 Å². The lowest BCUT2D eigenvalue weighted by Gasteiger charge is -2.09. The molecular formula is C15H11ClN4. The number of halogens is 1. The summed E-state index contributed by atoms with van der Waals surface area (Å²) in [6, 6.07) is 11.3. The molecule has 0 radical (unpaired) electrons. The van der Waals surface area contributed by atoms with E-state index in [0.717, 1.165) is 22.4 Å². The van der Waals surface area contributed by atoms with E-state index in [1.165, 1.54) is 0 Å². The Hall–Kier alpha value is -2.46. The third kappa shape index (κ3) is 2.46. The highest BCUT2D eigenvalue weighted by Crippen LogP contribution is 2.31. The number of aromatic nitrogens is 3. The molecule has 0 saturated heterocycles. The first-order chi connectivity index (χ1) is 9.74. The maximum absolute atomic E-state index is 6.05. The highest BCUT2D eigenvalue weighted by molar-refractivity contribution is 6.30. The van der Waals surface area contributed by atoms with Crippen LogP contribution in [0.1, 0.15) is 0 Å². The minimum Gasteiger partial charge on any atom is -0.368 e. The van der Waals surface area contributed by atoms with Crippen molar-refractivity contribution in [3.05, 3.63) is 60.0 Å². The molecule has 0 aliphatic heterocycles. The van der Waals surface area contributed by atoms with Crippen molar-refractivity contribution in [2.24, 2.45) is 0 Å². The molecular weight excluding hydrogens is 272 g/mol. The molecule has 2 heterocycles. The SMILES string of the molecule is Nc1ncc(-c2cccc(Cl)c2)c(-c2ccncc2)n1. The summed E-state index contributed by atoms with van der Waals surface area (Å²) in [6.07, 6.45) is 5.15. The lowest BCUT2D eigenvalue weighted by Crippen LogP contribution is -1.98. The number of nitrogens with zero attached hydrogens (tertiary/aromatic N) is 3. The van der Waals surface area contributed by atoms with Gasteiger partial charge in [-0.1, -0.05) is 23.7 Å². The third-order valence-electron chi connectivity index (χ3n) is 2.90. The smallest absolute Gasteiger partial charge is 0.220 e. The largest absolute Gasteiger partial charge is 0.368 e. The summed E-state index contributed by atoms with van der Waals surface area (Å²) in [4.78, 5) is 12.4. The van der Waals surface area contributed by atoms with Crippen molar-refractivity contribution in [2.75, 3.05) is 5.73 Å². The van der Waals surface area contributed by atoms with Gasteiger partial charge in [0.25, 0.3) is 0 Å². The number of hydrogen-bond acceptors (Lipinski definition) is 4. The van der Waals surface area contributed by atoms with Gasteiger partial charge in [-0.3, -0.25) is 4.98 Å². The van der Waals surface area contributed by atoms with E-state index in [9.17, 15) is 0 Å². The van der Waals surface area contributed by atoms with Crippen LogP contribution >= 0.6 is 11.6 Å². The van der Waals surface area contributed by atoms with E-state index in [1.54, 1.807) is 18.6 Å². The van der Waals surface area contributed by atoms with Crippen LogP contribution in [0.3, 0.4) is 0 Å². The number of hydrogen-bond donors (Lipinski definition) is 1. The highest BCUT2D eigenvalue weighted by atomic mass is 35.5. The minimum atomic E-state index is 0.239. The van der Waals surface area contributed by atoms with Crippen LogP contribution in [0.2, 0.25) is 5.02 Å². The fraction of sp³-hybridized carbons (Fsp3) is 0. The Bertz CT molecular complexity index is 744. The van der Waals surface area contributed by atoms with Crippen LogP contribution in [0.5, 0.6) is 0 Å². The van der Waals surface area contributed by atoms with Crippen molar-refractivity contribution in [1.29, 1.82) is 0 Å². The van der Waals surface area contributed by atoms with Crippen molar-refractivity contribution >= 4 is 17.5 Å². The summed E-state index contributed by atoms with van der Waals surface area (Å²) >= 11 is 6.05. The van der Waals surface area contributed by atoms with Gasteiger partial charge in [0.2, 0.25) is 5.95 Å². The summed E-state index contributed by atoms with van der Waals surface area (Å²) in [7, 11) is 0. The summed E-state index contributed by atoms with van der Waals surface area (Å²) in [6.45, 7) is 0. The molecule has 0 amide bonds. The Labute approximate surface area is 121 Å². The summed E-state index contributed by atoms with van der Waals surface area (Å²) < 4.78 is 0. The van der Waals surface area contributed by atoms with Crippen molar-refractivity contribution in [3.63, 3.8) is 0 Å². The summed E-state index contributed by atoms with van der Waals surface area (Å²) in [5.41, 5.74) is 9.24. The molecule has 3 aromatic rings. The van der Waals surface area contributed by atoms with E-state index >= 15 is 0 Å². The molecule has 0 aliphatic rings. The second-order valence-corrected chi connectivity index (χ2v) is 4.67. The zero-order valence-corrected chi connectivity index (χ0v) is 11.2. The highest BCUT2D eigenvalue weighted by Gasteiger charge is 2.10. The number of anilines is 1. The fourth-order valence-electron chi connectivity index (χ4n) is 1.99. The number of pyridine rings is 1. The molecule has 0 saturated carbocycles. The molecule has 0 aliphatic carbocycles. The molecule has 98 valence electrons. The Morgan fingerprint density at radius 3 is 2.55 bits per heavy atom. The Morgan fingerprint density at radius 1 is 1.00 bits per heavy atom. The monoisotopic (exact) mass is 282 g/mol. The molecule has 0 spiro atoms. The average Bonchev–Trinajstić information content (AvgIpc) is 2.48. The normalized spacial score (nSPS) is 10.4. The van der Waals surface area contributed by atoms with E-state index in [-0.39, 0.29) is 5.95 Å². The van der Waals surface area contributed by atoms with Gasteiger partial charge in [-0.15, -0.1) is 0 Å². The predicted molar refractivity (Wildman–Crippen MR) is 80.1 cm³/mol. The van der Waals surface area contributed by atoms with Crippen LogP contribution in [0.4, 0.5) is 5.95 Å². The second-order valence-electron chi connectivity index (χ2n) is 4.24. The average molecular weight is 283 g/mol. The molecule has 3 rings (SSSR count). The molecule has 0 atom stereocenters. The minimum absolute atomic E-state index is 0.239. The van der Waals surface area contributed by atoms with E-state index in [1.807, 2.05) is 36.4 Å².